The zero-order valence-electron chi connectivity index (χ0n) is 14.3. The lowest BCUT2D eigenvalue weighted by Crippen LogP contribution is -2.17. The lowest BCUT2D eigenvalue weighted by Gasteiger charge is -2.17. The molecule has 0 saturated heterocycles. The van der Waals surface area contributed by atoms with Crippen LogP contribution in [0.2, 0.25) is 0 Å². The van der Waals surface area contributed by atoms with Gasteiger partial charge in [-0.15, -0.1) is 0 Å². The highest BCUT2D eigenvalue weighted by atomic mass is 31.2. The van der Waals surface area contributed by atoms with Crippen molar-refractivity contribution in [2.24, 2.45) is 5.16 Å². The minimum absolute atomic E-state index is 0.297. The van der Waals surface area contributed by atoms with Crippen molar-refractivity contribution in [2.45, 2.75) is 12.8 Å². The number of fused-ring (bicyclic) bond motifs is 1. The molecular formula is C21H16F2NO2P. The van der Waals surface area contributed by atoms with Crippen LogP contribution in [0.15, 0.2) is 78.0 Å². The number of halogens is 2. The van der Waals surface area contributed by atoms with Crippen molar-refractivity contribution in [1.82, 2.24) is 0 Å². The molecule has 3 aromatic rings. The second kappa shape index (κ2) is 7.09. The molecule has 1 aliphatic rings. The van der Waals surface area contributed by atoms with E-state index in [0.29, 0.717) is 17.0 Å². The summed E-state index contributed by atoms with van der Waals surface area (Å²) >= 11 is 0. The van der Waals surface area contributed by atoms with Gasteiger partial charge in [0.1, 0.15) is 11.6 Å². The largest absolute Gasteiger partial charge is 0.330 e. The van der Waals surface area contributed by atoms with E-state index in [2.05, 4.69) is 5.16 Å². The molecular weight excluding hydrogens is 367 g/mol. The zero-order chi connectivity index (χ0) is 18.9. The summed E-state index contributed by atoms with van der Waals surface area (Å²) in [4.78, 5) is 0. The van der Waals surface area contributed by atoms with Crippen LogP contribution in [0.1, 0.15) is 17.5 Å². The predicted molar refractivity (Wildman–Crippen MR) is 102 cm³/mol. The van der Waals surface area contributed by atoms with Crippen LogP contribution in [0.3, 0.4) is 0 Å². The molecule has 0 N–H and O–H groups in total. The van der Waals surface area contributed by atoms with Crippen LogP contribution in [0, 0.1) is 11.6 Å². The smallest absolute Gasteiger partial charge is 0.330 e. The third-order valence-electron chi connectivity index (χ3n) is 4.56. The molecule has 0 radical (unpaired) electrons. The normalized spacial score (nSPS) is 15.0. The Kier molecular flexibility index (Phi) is 4.63. The summed E-state index contributed by atoms with van der Waals surface area (Å²) in [6.45, 7) is 0. The molecule has 1 aliphatic carbocycles. The van der Waals surface area contributed by atoms with E-state index in [1.807, 2.05) is 24.3 Å². The number of nitrogens with zero attached hydrogens (tertiary/aromatic N) is 1. The van der Waals surface area contributed by atoms with Crippen LogP contribution in [0.25, 0.3) is 0 Å². The predicted octanol–water partition coefficient (Wildman–Crippen LogP) is 4.56. The van der Waals surface area contributed by atoms with Gasteiger partial charge in [0, 0.05) is 5.56 Å². The molecule has 0 saturated carbocycles. The van der Waals surface area contributed by atoms with Crippen LogP contribution in [0.4, 0.5) is 8.78 Å². The van der Waals surface area contributed by atoms with Gasteiger partial charge in [-0.25, -0.2) is 8.78 Å². The van der Waals surface area contributed by atoms with Gasteiger partial charge in [-0.2, -0.15) is 0 Å². The van der Waals surface area contributed by atoms with Crippen molar-refractivity contribution in [3.63, 3.8) is 0 Å². The van der Waals surface area contributed by atoms with Crippen molar-refractivity contribution < 1.29 is 18.0 Å². The van der Waals surface area contributed by atoms with E-state index in [9.17, 15) is 13.3 Å². The van der Waals surface area contributed by atoms with Crippen LogP contribution >= 0.6 is 7.37 Å². The molecule has 0 amide bonds. The number of benzene rings is 3. The van der Waals surface area contributed by atoms with Gasteiger partial charge in [0.15, 0.2) is 0 Å². The summed E-state index contributed by atoms with van der Waals surface area (Å²) in [7, 11) is -3.65. The Balaban J connectivity index is 1.75. The van der Waals surface area contributed by atoms with Gasteiger partial charge in [0.25, 0.3) is 0 Å². The Hall–Kier alpha value is -2.78. The first kappa shape index (κ1) is 17.6. The molecule has 0 spiro atoms. The average Bonchev–Trinajstić information content (AvgIpc) is 3.10. The molecule has 0 fully saturated rings. The molecule has 6 heteroatoms. The Morgan fingerprint density at radius 1 is 0.778 bits per heavy atom. The summed E-state index contributed by atoms with van der Waals surface area (Å²) in [6.07, 6.45) is 1.53. The SMILES string of the molecule is O=P(O/N=C1\CCc2ccccc21)(c1ccc(F)cc1)c1ccc(F)cc1. The molecule has 4 rings (SSSR count). The number of hydrogen-bond donors (Lipinski definition) is 0. The van der Waals surface area contributed by atoms with Crippen molar-refractivity contribution >= 4 is 23.7 Å². The van der Waals surface area contributed by atoms with Gasteiger partial charge in [-0.3, -0.25) is 4.57 Å². The highest BCUT2D eigenvalue weighted by Gasteiger charge is 2.31. The van der Waals surface area contributed by atoms with Crippen molar-refractivity contribution in [3.8, 4) is 0 Å². The summed E-state index contributed by atoms with van der Waals surface area (Å²) in [5, 5.41) is 4.79. The highest BCUT2D eigenvalue weighted by Crippen LogP contribution is 2.45. The molecule has 3 nitrogen and oxygen atoms in total. The lowest BCUT2D eigenvalue weighted by molar-refractivity contribution is 0.348. The van der Waals surface area contributed by atoms with Crippen LogP contribution in [-0.4, -0.2) is 5.71 Å². The topological polar surface area (TPSA) is 38.7 Å². The molecule has 0 heterocycles. The first-order chi connectivity index (χ1) is 13.1. The zero-order valence-corrected chi connectivity index (χ0v) is 15.2. The van der Waals surface area contributed by atoms with Crippen molar-refractivity contribution in [3.05, 3.63) is 95.6 Å². The summed E-state index contributed by atoms with van der Waals surface area (Å²) < 4.78 is 46.0. The summed E-state index contributed by atoms with van der Waals surface area (Å²) in [5.41, 5.74) is 2.86. The van der Waals surface area contributed by atoms with Crippen LogP contribution in [0.5, 0.6) is 0 Å². The Bertz CT molecular complexity index is 997. The quantitative estimate of drug-likeness (QED) is 0.489. The molecule has 0 aliphatic heterocycles. The van der Waals surface area contributed by atoms with Crippen LogP contribution in [-0.2, 0) is 15.6 Å². The molecule has 3 aromatic carbocycles. The maximum atomic E-state index is 13.7. The fraction of sp³-hybridized carbons (Fsp3) is 0.0952. The standard InChI is InChI=1S/C21H16F2NO2P/c22-16-6-10-18(11-7-16)27(25,19-12-8-17(23)9-13-19)26-24-21-14-5-15-3-1-2-4-20(15)21/h1-4,6-13H,5,14H2/b24-21+. The van der Waals surface area contributed by atoms with E-state index >= 15 is 0 Å². The van der Waals surface area contributed by atoms with E-state index in [0.717, 1.165) is 17.7 Å². The van der Waals surface area contributed by atoms with E-state index in [4.69, 9.17) is 4.62 Å². The molecule has 0 bridgehead atoms. The third kappa shape index (κ3) is 3.43. The highest BCUT2D eigenvalue weighted by molar-refractivity contribution is 7.74. The first-order valence-corrected chi connectivity index (χ1v) is 10.1. The molecule has 0 atom stereocenters. The first-order valence-electron chi connectivity index (χ1n) is 8.52. The van der Waals surface area contributed by atoms with Crippen molar-refractivity contribution in [2.75, 3.05) is 0 Å². The second-order valence-corrected chi connectivity index (χ2v) is 8.58. The molecule has 136 valence electrons. The molecule has 0 aromatic heterocycles. The number of oxime groups is 1. The molecule has 27 heavy (non-hydrogen) atoms. The van der Waals surface area contributed by atoms with Gasteiger partial charge < -0.3 is 4.62 Å². The lowest BCUT2D eigenvalue weighted by atomic mass is 10.1. The molecule has 0 unspecified atom stereocenters. The summed E-state index contributed by atoms with van der Waals surface area (Å²) in [5.74, 6) is -0.888. The van der Waals surface area contributed by atoms with Gasteiger partial charge in [0.2, 0.25) is 0 Å². The Labute approximate surface area is 155 Å². The fourth-order valence-corrected chi connectivity index (χ4v) is 4.91. The van der Waals surface area contributed by atoms with Gasteiger partial charge in [-0.05, 0) is 66.9 Å². The van der Waals surface area contributed by atoms with Gasteiger partial charge >= 0.3 is 7.37 Å². The Morgan fingerprint density at radius 3 is 1.93 bits per heavy atom. The average molecular weight is 383 g/mol. The van der Waals surface area contributed by atoms with E-state index in [-0.39, 0.29) is 0 Å². The fourth-order valence-electron chi connectivity index (χ4n) is 3.13. The minimum Gasteiger partial charge on any atom is -0.330 e. The van der Waals surface area contributed by atoms with E-state index in [1.165, 1.54) is 54.1 Å². The Morgan fingerprint density at radius 2 is 1.33 bits per heavy atom. The maximum absolute atomic E-state index is 13.7. The maximum Gasteiger partial charge on any atom is 0.330 e. The third-order valence-corrected chi connectivity index (χ3v) is 6.83. The second-order valence-electron chi connectivity index (χ2n) is 6.28. The minimum atomic E-state index is -3.65. The number of rotatable bonds is 4. The van der Waals surface area contributed by atoms with E-state index < -0.39 is 19.0 Å². The van der Waals surface area contributed by atoms with Gasteiger partial charge in [-0.1, -0.05) is 29.4 Å². The number of aryl methyl sites for hydroxylation is 1. The monoisotopic (exact) mass is 383 g/mol. The van der Waals surface area contributed by atoms with Crippen molar-refractivity contribution in [1.29, 1.82) is 0 Å². The number of hydrogen-bond acceptors (Lipinski definition) is 3. The van der Waals surface area contributed by atoms with Crippen LogP contribution < -0.4 is 10.6 Å². The van der Waals surface area contributed by atoms with Gasteiger partial charge in [0.05, 0.1) is 16.3 Å². The van der Waals surface area contributed by atoms with E-state index in [1.54, 1.807) is 0 Å². The summed E-state index contributed by atoms with van der Waals surface area (Å²) in [6, 6.07) is 18.3.